The van der Waals surface area contributed by atoms with Gasteiger partial charge >= 0.3 is 0 Å². The predicted molar refractivity (Wildman–Crippen MR) is 67.6 cm³/mol. The molecule has 0 radical (unpaired) electrons. The molecule has 17 heavy (non-hydrogen) atoms. The number of nitrogens with zero attached hydrogens (tertiary/aromatic N) is 2. The Bertz CT molecular complexity index is 409. The number of rotatable bonds is 4. The van der Waals surface area contributed by atoms with Gasteiger partial charge in [0, 0.05) is 18.3 Å². The first-order chi connectivity index (χ1) is 7.79. The number of aryl methyl sites for hydroxylation is 1. The molecule has 2 N–H and O–H groups in total. The van der Waals surface area contributed by atoms with Crippen LogP contribution in [0.25, 0.3) is 0 Å². The molecule has 0 aliphatic rings. The molecule has 0 fully saturated rings. The third-order valence-corrected chi connectivity index (χ3v) is 3.28. The SMILES string of the molecule is CNC(C)(C)C(=O)NC(C)c1cnn(C)c1C. The van der Waals surface area contributed by atoms with Crippen molar-refractivity contribution in [3.8, 4) is 0 Å². The van der Waals surface area contributed by atoms with E-state index in [9.17, 15) is 4.79 Å². The summed E-state index contributed by atoms with van der Waals surface area (Å²) in [7, 11) is 3.67. The fourth-order valence-electron chi connectivity index (χ4n) is 1.51. The van der Waals surface area contributed by atoms with E-state index < -0.39 is 5.54 Å². The summed E-state index contributed by atoms with van der Waals surface area (Å²) in [5, 5.41) is 10.1. The quantitative estimate of drug-likeness (QED) is 0.819. The van der Waals surface area contributed by atoms with Crippen LogP contribution in [0.15, 0.2) is 6.20 Å². The van der Waals surface area contributed by atoms with Crippen LogP contribution in [-0.2, 0) is 11.8 Å². The summed E-state index contributed by atoms with van der Waals surface area (Å²) in [5.41, 5.74) is 1.55. The molecule has 0 aromatic carbocycles. The van der Waals surface area contributed by atoms with Gasteiger partial charge in [0.05, 0.1) is 17.8 Å². The van der Waals surface area contributed by atoms with Crippen LogP contribution in [0, 0.1) is 6.92 Å². The molecule has 1 unspecified atom stereocenters. The van der Waals surface area contributed by atoms with Crippen molar-refractivity contribution in [1.82, 2.24) is 20.4 Å². The third kappa shape index (κ3) is 2.85. The monoisotopic (exact) mass is 238 g/mol. The lowest BCUT2D eigenvalue weighted by Crippen LogP contribution is -2.51. The fourth-order valence-corrected chi connectivity index (χ4v) is 1.51. The molecule has 0 bridgehead atoms. The second-order valence-electron chi connectivity index (χ2n) is 4.88. The topological polar surface area (TPSA) is 59.0 Å². The maximum atomic E-state index is 12.0. The Labute approximate surface area is 103 Å². The average Bonchev–Trinajstić information content (AvgIpc) is 2.59. The molecule has 0 aliphatic heterocycles. The van der Waals surface area contributed by atoms with Crippen LogP contribution in [0.1, 0.15) is 38.1 Å². The fraction of sp³-hybridized carbons (Fsp3) is 0.667. The second-order valence-corrected chi connectivity index (χ2v) is 4.88. The zero-order chi connectivity index (χ0) is 13.2. The van der Waals surface area contributed by atoms with Crippen LogP contribution in [0.3, 0.4) is 0 Å². The van der Waals surface area contributed by atoms with Crippen molar-refractivity contribution in [2.24, 2.45) is 7.05 Å². The number of likely N-dealkylation sites (N-methyl/N-ethyl adjacent to an activating group) is 1. The highest BCUT2D eigenvalue weighted by Crippen LogP contribution is 2.16. The number of hydrogen-bond acceptors (Lipinski definition) is 3. The minimum Gasteiger partial charge on any atom is -0.348 e. The van der Waals surface area contributed by atoms with E-state index in [-0.39, 0.29) is 11.9 Å². The molecule has 96 valence electrons. The molecule has 1 atom stereocenters. The van der Waals surface area contributed by atoms with Crippen LogP contribution in [0.2, 0.25) is 0 Å². The summed E-state index contributed by atoms with van der Waals surface area (Å²) < 4.78 is 1.81. The molecule has 5 heteroatoms. The lowest BCUT2D eigenvalue weighted by molar-refractivity contribution is -0.126. The summed E-state index contributed by atoms with van der Waals surface area (Å²) >= 11 is 0. The number of amides is 1. The zero-order valence-corrected chi connectivity index (χ0v) is 11.5. The van der Waals surface area contributed by atoms with Gasteiger partial charge in [-0.3, -0.25) is 9.48 Å². The molecular formula is C12H22N4O. The molecule has 5 nitrogen and oxygen atoms in total. The number of carbonyl (C=O) groups is 1. The molecule has 1 rings (SSSR count). The van der Waals surface area contributed by atoms with E-state index >= 15 is 0 Å². The Balaban J connectivity index is 2.77. The van der Waals surface area contributed by atoms with Crippen LogP contribution in [0.5, 0.6) is 0 Å². The predicted octanol–water partition coefficient (Wildman–Crippen LogP) is 0.904. The summed E-state index contributed by atoms with van der Waals surface area (Å²) in [6.07, 6.45) is 1.80. The van der Waals surface area contributed by atoms with Crippen molar-refractivity contribution in [3.05, 3.63) is 17.5 Å². The largest absolute Gasteiger partial charge is 0.348 e. The van der Waals surface area contributed by atoms with E-state index in [2.05, 4.69) is 15.7 Å². The van der Waals surface area contributed by atoms with Crippen LogP contribution in [-0.4, -0.2) is 28.3 Å². The minimum absolute atomic E-state index is 0.0178. The Kier molecular flexibility index (Phi) is 3.93. The molecule has 1 aromatic heterocycles. The summed E-state index contributed by atoms with van der Waals surface area (Å²) in [4.78, 5) is 12.0. The van der Waals surface area contributed by atoms with Crippen LogP contribution >= 0.6 is 0 Å². The molecular weight excluding hydrogens is 216 g/mol. The van der Waals surface area contributed by atoms with Gasteiger partial charge in [0.1, 0.15) is 0 Å². The van der Waals surface area contributed by atoms with Crippen molar-refractivity contribution in [3.63, 3.8) is 0 Å². The standard InChI is InChI=1S/C12H22N4O/c1-8(10-7-14-16(6)9(10)2)15-11(17)12(3,4)13-5/h7-8,13H,1-6H3,(H,15,17). The van der Waals surface area contributed by atoms with Gasteiger partial charge < -0.3 is 10.6 Å². The molecule has 1 amide bonds. The first-order valence-corrected chi connectivity index (χ1v) is 5.78. The van der Waals surface area contributed by atoms with Gasteiger partial charge in [-0.15, -0.1) is 0 Å². The maximum Gasteiger partial charge on any atom is 0.240 e. The maximum absolute atomic E-state index is 12.0. The van der Waals surface area contributed by atoms with Gasteiger partial charge in [0.15, 0.2) is 0 Å². The number of nitrogens with one attached hydrogen (secondary N) is 2. The Hall–Kier alpha value is -1.36. The normalized spacial score (nSPS) is 13.5. The molecule has 0 spiro atoms. The summed E-state index contributed by atoms with van der Waals surface area (Å²) in [5.74, 6) is -0.0178. The highest BCUT2D eigenvalue weighted by molar-refractivity contribution is 5.85. The molecule has 0 saturated heterocycles. The van der Waals surface area contributed by atoms with Crippen molar-refractivity contribution >= 4 is 5.91 Å². The second kappa shape index (κ2) is 4.87. The smallest absolute Gasteiger partial charge is 0.240 e. The first kappa shape index (κ1) is 13.7. The number of hydrogen-bond donors (Lipinski definition) is 2. The average molecular weight is 238 g/mol. The van der Waals surface area contributed by atoms with Gasteiger partial charge in [-0.05, 0) is 34.7 Å². The van der Waals surface area contributed by atoms with Gasteiger partial charge in [-0.1, -0.05) is 0 Å². The zero-order valence-electron chi connectivity index (χ0n) is 11.5. The molecule has 1 heterocycles. The molecule has 0 saturated carbocycles. The highest BCUT2D eigenvalue weighted by Gasteiger charge is 2.27. The Morgan fingerprint density at radius 1 is 1.53 bits per heavy atom. The van der Waals surface area contributed by atoms with E-state index in [1.165, 1.54) is 0 Å². The third-order valence-electron chi connectivity index (χ3n) is 3.28. The van der Waals surface area contributed by atoms with E-state index in [4.69, 9.17) is 0 Å². The van der Waals surface area contributed by atoms with Crippen molar-refractivity contribution < 1.29 is 4.79 Å². The van der Waals surface area contributed by atoms with E-state index in [0.717, 1.165) is 11.3 Å². The van der Waals surface area contributed by atoms with Gasteiger partial charge in [0.2, 0.25) is 5.91 Å². The lowest BCUT2D eigenvalue weighted by atomic mass is 10.0. The van der Waals surface area contributed by atoms with Gasteiger partial charge in [0.25, 0.3) is 0 Å². The van der Waals surface area contributed by atoms with E-state index in [1.54, 1.807) is 17.9 Å². The highest BCUT2D eigenvalue weighted by atomic mass is 16.2. The van der Waals surface area contributed by atoms with E-state index in [1.807, 2.05) is 34.7 Å². The lowest BCUT2D eigenvalue weighted by Gasteiger charge is -2.25. The van der Waals surface area contributed by atoms with E-state index in [0.29, 0.717) is 0 Å². The first-order valence-electron chi connectivity index (χ1n) is 5.78. The van der Waals surface area contributed by atoms with Crippen molar-refractivity contribution in [2.45, 2.75) is 39.3 Å². The Morgan fingerprint density at radius 2 is 2.12 bits per heavy atom. The molecule has 1 aromatic rings. The summed E-state index contributed by atoms with van der Waals surface area (Å²) in [6.45, 7) is 7.66. The minimum atomic E-state index is -0.565. The summed E-state index contributed by atoms with van der Waals surface area (Å²) in [6, 6.07) is -0.0381. The molecule has 0 aliphatic carbocycles. The van der Waals surface area contributed by atoms with Crippen LogP contribution in [0.4, 0.5) is 0 Å². The number of carbonyl (C=O) groups excluding carboxylic acids is 1. The van der Waals surface area contributed by atoms with Crippen molar-refractivity contribution in [2.75, 3.05) is 7.05 Å². The van der Waals surface area contributed by atoms with Crippen molar-refractivity contribution in [1.29, 1.82) is 0 Å². The van der Waals surface area contributed by atoms with Gasteiger partial charge in [-0.2, -0.15) is 5.10 Å². The number of aromatic nitrogens is 2. The Morgan fingerprint density at radius 3 is 2.53 bits per heavy atom. The van der Waals surface area contributed by atoms with Gasteiger partial charge in [-0.25, -0.2) is 0 Å². The van der Waals surface area contributed by atoms with Crippen LogP contribution < -0.4 is 10.6 Å².